The summed E-state index contributed by atoms with van der Waals surface area (Å²) in [4.78, 5) is 4.18. The summed E-state index contributed by atoms with van der Waals surface area (Å²) in [5.74, 6) is 1.65. The Morgan fingerprint density at radius 2 is 1.78 bits per heavy atom. The highest BCUT2D eigenvalue weighted by molar-refractivity contribution is 6.31. The van der Waals surface area contributed by atoms with Gasteiger partial charge in [-0.25, -0.2) is 4.98 Å². The second-order valence-corrected chi connectivity index (χ2v) is 5.36. The van der Waals surface area contributed by atoms with E-state index in [1.54, 1.807) is 36.5 Å². The maximum Gasteiger partial charge on any atom is 0.217 e. The molecule has 23 heavy (non-hydrogen) atoms. The van der Waals surface area contributed by atoms with E-state index in [0.29, 0.717) is 34.7 Å². The molecular formula is C18H15ClN2O2. The number of hydrogen-bond donors (Lipinski definition) is 1. The summed E-state index contributed by atoms with van der Waals surface area (Å²) in [7, 11) is 0. The number of rotatable bonds is 5. The van der Waals surface area contributed by atoms with E-state index in [0.717, 1.165) is 5.56 Å². The molecule has 2 N–H and O–H groups in total. The topological polar surface area (TPSA) is 57.4 Å². The van der Waals surface area contributed by atoms with Crippen LogP contribution >= 0.6 is 11.6 Å². The van der Waals surface area contributed by atoms with Crippen molar-refractivity contribution >= 4 is 17.3 Å². The lowest BCUT2D eigenvalue weighted by Crippen LogP contribution is -1.97. The minimum atomic E-state index is 0.446. The Morgan fingerprint density at radius 1 is 0.957 bits per heavy atom. The van der Waals surface area contributed by atoms with Crippen molar-refractivity contribution < 1.29 is 9.47 Å². The molecule has 0 fully saturated rings. The van der Waals surface area contributed by atoms with Gasteiger partial charge in [0, 0.05) is 29.0 Å². The van der Waals surface area contributed by atoms with Gasteiger partial charge in [-0.15, -0.1) is 0 Å². The minimum Gasteiger partial charge on any atom is -0.473 e. The van der Waals surface area contributed by atoms with Gasteiger partial charge in [-0.05, 0) is 23.8 Å². The van der Waals surface area contributed by atoms with Gasteiger partial charge in [0.15, 0.2) is 0 Å². The number of anilines is 1. The first-order valence-corrected chi connectivity index (χ1v) is 7.43. The van der Waals surface area contributed by atoms with Gasteiger partial charge in [0.2, 0.25) is 5.88 Å². The third-order valence-corrected chi connectivity index (χ3v) is 3.28. The highest BCUT2D eigenvalue weighted by Gasteiger charge is 2.04. The first kappa shape index (κ1) is 15.2. The van der Waals surface area contributed by atoms with E-state index in [4.69, 9.17) is 26.8 Å². The average molecular weight is 327 g/mol. The normalized spacial score (nSPS) is 10.3. The van der Waals surface area contributed by atoms with E-state index in [2.05, 4.69) is 4.98 Å². The highest BCUT2D eigenvalue weighted by atomic mass is 35.5. The molecule has 116 valence electrons. The van der Waals surface area contributed by atoms with Crippen molar-refractivity contribution in [2.75, 3.05) is 5.73 Å². The maximum atomic E-state index is 5.97. The highest BCUT2D eigenvalue weighted by Crippen LogP contribution is 2.28. The fourth-order valence-corrected chi connectivity index (χ4v) is 2.28. The van der Waals surface area contributed by atoms with Gasteiger partial charge in [-0.3, -0.25) is 0 Å². The van der Waals surface area contributed by atoms with Gasteiger partial charge in [0.25, 0.3) is 0 Å². The summed E-state index contributed by atoms with van der Waals surface area (Å²) in [5, 5.41) is 0.523. The largest absolute Gasteiger partial charge is 0.473 e. The molecule has 0 amide bonds. The van der Waals surface area contributed by atoms with E-state index in [1.165, 1.54) is 0 Å². The first-order chi connectivity index (χ1) is 11.2. The van der Waals surface area contributed by atoms with Crippen LogP contribution in [0.1, 0.15) is 5.56 Å². The Morgan fingerprint density at radius 3 is 2.57 bits per heavy atom. The molecule has 1 heterocycles. The Balaban J connectivity index is 1.69. The molecule has 2 aromatic carbocycles. The summed E-state index contributed by atoms with van der Waals surface area (Å²) >= 11 is 5.97. The summed E-state index contributed by atoms with van der Waals surface area (Å²) in [6.07, 6.45) is 1.63. The second kappa shape index (κ2) is 7.03. The lowest BCUT2D eigenvalue weighted by Gasteiger charge is -2.09. The summed E-state index contributed by atoms with van der Waals surface area (Å²) < 4.78 is 11.4. The van der Waals surface area contributed by atoms with Crippen molar-refractivity contribution in [2.45, 2.75) is 6.61 Å². The molecule has 0 atom stereocenters. The molecule has 0 bridgehead atoms. The number of pyridine rings is 1. The molecule has 0 unspecified atom stereocenters. The molecule has 1 aromatic heterocycles. The van der Waals surface area contributed by atoms with Gasteiger partial charge in [0.1, 0.15) is 18.1 Å². The van der Waals surface area contributed by atoms with Crippen LogP contribution < -0.4 is 15.2 Å². The zero-order valence-electron chi connectivity index (χ0n) is 12.3. The quantitative estimate of drug-likeness (QED) is 0.691. The van der Waals surface area contributed by atoms with Crippen LogP contribution in [-0.4, -0.2) is 4.98 Å². The summed E-state index contributed by atoms with van der Waals surface area (Å²) in [6, 6.07) is 18.4. The van der Waals surface area contributed by atoms with Crippen LogP contribution in [0, 0.1) is 0 Å². The monoisotopic (exact) mass is 326 g/mol. The number of nitrogens with zero attached hydrogens (tertiary/aromatic N) is 1. The molecular weight excluding hydrogens is 312 g/mol. The summed E-state index contributed by atoms with van der Waals surface area (Å²) in [5.41, 5.74) is 7.37. The Bertz CT molecular complexity index is 774. The van der Waals surface area contributed by atoms with Crippen LogP contribution in [0.2, 0.25) is 5.02 Å². The smallest absolute Gasteiger partial charge is 0.217 e. The minimum absolute atomic E-state index is 0.446. The zero-order valence-corrected chi connectivity index (χ0v) is 13.0. The predicted molar refractivity (Wildman–Crippen MR) is 90.9 cm³/mol. The van der Waals surface area contributed by atoms with Gasteiger partial charge in [-0.1, -0.05) is 41.9 Å². The lowest BCUT2D eigenvalue weighted by molar-refractivity contribution is 0.292. The zero-order chi connectivity index (χ0) is 16.1. The molecule has 4 nitrogen and oxygen atoms in total. The number of nitrogen functional groups attached to an aromatic ring is 1. The van der Waals surface area contributed by atoms with Crippen LogP contribution in [0.25, 0.3) is 0 Å². The first-order valence-electron chi connectivity index (χ1n) is 7.06. The van der Waals surface area contributed by atoms with E-state index >= 15 is 0 Å². The molecule has 5 heteroatoms. The Hall–Kier alpha value is -2.72. The molecule has 0 spiro atoms. The van der Waals surface area contributed by atoms with Crippen LogP contribution in [-0.2, 0) is 6.61 Å². The van der Waals surface area contributed by atoms with Crippen LogP contribution in [0.5, 0.6) is 17.4 Å². The molecule has 0 aliphatic rings. The van der Waals surface area contributed by atoms with Gasteiger partial charge >= 0.3 is 0 Å². The van der Waals surface area contributed by atoms with E-state index < -0.39 is 0 Å². The maximum absolute atomic E-state index is 5.97. The fraction of sp³-hybridized carbons (Fsp3) is 0.0556. The lowest BCUT2D eigenvalue weighted by atomic mass is 10.2. The molecule has 0 aliphatic heterocycles. The number of halogens is 1. The Kier molecular flexibility index (Phi) is 4.64. The fourth-order valence-electron chi connectivity index (χ4n) is 2.04. The van der Waals surface area contributed by atoms with E-state index in [9.17, 15) is 0 Å². The standard InChI is InChI=1S/C18H15ClN2O2/c19-14-8-15(20)10-17(9-14)23-16-6-7-21-18(11-16)22-12-13-4-2-1-3-5-13/h1-11H,12,20H2. The predicted octanol–water partition coefficient (Wildman–Crippen LogP) is 4.69. The van der Waals surface area contributed by atoms with Crippen molar-refractivity contribution in [2.24, 2.45) is 0 Å². The van der Waals surface area contributed by atoms with E-state index in [-0.39, 0.29) is 0 Å². The molecule has 0 saturated heterocycles. The van der Waals surface area contributed by atoms with Crippen molar-refractivity contribution in [1.29, 1.82) is 0 Å². The second-order valence-electron chi connectivity index (χ2n) is 4.93. The van der Waals surface area contributed by atoms with Crippen LogP contribution in [0.15, 0.2) is 66.9 Å². The van der Waals surface area contributed by atoms with Crippen molar-refractivity contribution in [1.82, 2.24) is 4.98 Å². The van der Waals surface area contributed by atoms with Gasteiger partial charge in [0.05, 0.1) is 0 Å². The molecule has 0 saturated carbocycles. The number of aromatic nitrogens is 1. The van der Waals surface area contributed by atoms with E-state index in [1.807, 2.05) is 30.3 Å². The van der Waals surface area contributed by atoms with Crippen molar-refractivity contribution in [3.63, 3.8) is 0 Å². The number of ether oxygens (including phenoxy) is 2. The third kappa shape index (κ3) is 4.37. The molecule has 0 aliphatic carbocycles. The SMILES string of the molecule is Nc1cc(Cl)cc(Oc2ccnc(OCc3ccccc3)c2)c1. The van der Waals surface area contributed by atoms with Crippen molar-refractivity contribution in [3.05, 3.63) is 77.4 Å². The van der Waals surface area contributed by atoms with Crippen LogP contribution in [0.3, 0.4) is 0 Å². The molecule has 3 aromatic rings. The molecule has 3 rings (SSSR count). The third-order valence-electron chi connectivity index (χ3n) is 3.07. The Labute approximate surface area is 139 Å². The number of benzene rings is 2. The van der Waals surface area contributed by atoms with Gasteiger partial charge in [-0.2, -0.15) is 0 Å². The summed E-state index contributed by atoms with van der Waals surface area (Å²) in [6.45, 7) is 0.446. The number of nitrogens with two attached hydrogens (primary N) is 1. The van der Waals surface area contributed by atoms with Crippen molar-refractivity contribution in [3.8, 4) is 17.4 Å². The van der Waals surface area contributed by atoms with Crippen LogP contribution in [0.4, 0.5) is 5.69 Å². The molecule has 0 radical (unpaired) electrons. The van der Waals surface area contributed by atoms with Gasteiger partial charge < -0.3 is 15.2 Å². The number of hydrogen-bond acceptors (Lipinski definition) is 4. The average Bonchev–Trinajstić information content (AvgIpc) is 2.53.